The topological polar surface area (TPSA) is 111 Å². The molecular weight excluding hydrogens is 256 g/mol. The van der Waals surface area contributed by atoms with Gasteiger partial charge in [-0.25, -0.2) is 4.79 Å². The zero-order valence-electron chi connectivity index (χ0n) is 10.7. The summed E-state index contributed by atoms with van der Waals surface area (Å²) in [5.74, 6) is 0.502. The molecule has 0 aromatic heterocycles. The Morgan fingerprint density at radius 1 is 1.37 bits per heavy atom. The molecule has 1 unspecified atom stereocenters. The van der Waals surface area contributed by atoms with Crippen LogP contribution in [0.15, 0.2) is 12.1 Å². The van der Waals surface area contributed by atoms with Gasteiger partial charge in [-0.05, 0) is 13.0 Å². The molecule has 1 aromatic carbocycles. The summed E-state index contributed by atoms with van der Waals surface area (Å²) >= 11 is 0. The minimum atomic E-state index is -1.27. The Hall–Kier alpha value is -2.51. The van der Waals surface area contributed by atoms with Crippen molar-refractivity contribution in [2.24, 2.45) is 0 Å². The number of nitrogens with one attached hydrogen (secondary N) is 1. The second-order valence-corrected chi connectivity index (χ2v) is 3.69. The van der Waals surface area contributed by atoms with Crippen LogP contribution in [0.1, 0.15) is 18.5 Å². The molecule has 1 amide bonds. The number of benzene rings is 1. The van der Waals surface area contributed by atoms with Gasteiger partial charge >= 0.3 is 6.09 Å². The van der Waals surface area contributed by atoms with E-state index in [-0.39, 0.29) is 17.0 Å². The Bertz CT molecular complexity index is 502. The molecule has 2 N–H and O–H groups in total. The lowest BCUT2D eigenvalue weighted by Crippen LogP contribution is -2.25. The molecule has 0 spiro atoms. The highest BCUT2D eigenvalue weighted by Gasteiger charge is 2.24. The van der Waals surface area contributed by atoms with E-state index in [0.717, 1.165) is 0 Å². The van der Waals surface area contributed by atoms with E-state index in [2.05, 4.69) is 5.32 Å². The number of hydrogen-bond acceptors (Lipinski definition) is 5. The van der Waals surface area contributed by atoms with Crippen molar-refractivity contribution in [2.75, 3.05) is 14.2 Å². The summed E-state index contributed by atoms with van der Waals surface area (Å²) in [5, 5.41) is 21.8. The fourth-order valence-corrected chi connectivity index (χ4v) is 1.65. The number of hydrogen-bond donors (Lipinski definition) is 2. The largest absolute Gasteiger partial charge is 0.493 e. The van der Waals surface area contributed by atoms with E-state index in [9.17, 15) is 14.9 Å². The Balaban J connectivity index is 3.34. The van der Waals surface area contributed by atoms with Crippen molar-refractivity contribution in [3.05, 3.63) is 27.8 Å². The molecule has 0 bridgehead atoms. The third-order valence-corrected chi connectivity index (χ3v) is 2.54. The number of nitro groups is 1. The van der Waals surface area contributed by atoms with E-state index in [1.54, 1.807) is 0 Å². The molecule has 0 saturated heterocycles. The zero-order chi connectivity index (χ0) is 14.6. The van der Waals surface area contributed by atoms with Crippen LogP contribution in [0.4, 0.5) is 10.5 Å². The van der Waals surface area contributed by atoms with Crippen LogP contribution < -0.4 is 14.8 Å². The second kappa shape index (κ2) is 5.89. The number of carboxylic acid groups (broad SMARTS) is 1. The van der Waals surface area contributed by atoms with Crippen LogP contribution in [0.25, 0.3) is 0 Å². The number of rotatable bonds is 5. The maximum absolute atomic E-state index is 11.0. The van der Waals surface area contributed by atoms with Crippen molar-refractivity contribution in [3.8, 4) is 11.5 Å². The number of amides is 1. The van der Waals surface area contributed by atoms with Gasteiger partial charge < -0.3 is 19.9 Å². The molecule has 0 radical (unpaired) electrons. The first-order chi connectivity index (χ1) is 8.90. The van der Waals surface area contributed by atoms with Crippen molar-refractivity contribution < 1.29 is 24.3 Å². The summed E-state index contributed by atoms with van der Waals surface area (Å²) in [6.07, 6.45) is -1.27. The smallest absolute Gasteiger partial charge is 0.405 e. The molecule has 0 aliphatic heterocycles. The Labute approximate surface area is 109 Å². The van der Waals surface area contributed by atoms with Gasteiger partial charge in [0.15, 0.2) is 11.5 Å². The maximum Gasteiger partial charge on any atom is 0.405 e. The second-order valence-electron chi connectivity index (χ2n) is 3.69. The van der Waals surface area contributed by atoms with Gasteiger partial charge in [0, 0.05) is 0 Å². The van der Waals surface area contributed by atoms with Crippen molar-refractivity contribution in [3.63, 3.8) is 0 Å². The Morgan fingerprint density at radius 3 is 2.32 bits per heavy atom. The summed E-state index contributed by atoms with van der Waals surface area (Å²) in [4.78, 5) is 21.0. The standard InChI is InChI=1S/C11H14N2O6/c1-6(12-11(14)15)7-4-9(18-2)10(19-3)5-8(7)13(16)17/h4-6,12H,1-3H3,(H,14,15). The van der Waals surface area contributed by atoms with Gasteiger partial charge in [-0.3, -0.25) is 10.1 Å². The molecule has 1 atom stereocenters. The number of nitrogens with zero attached hydrogens (tertiary/aromatic N) is 1. The minimum Gasteiger partial charge on any atom is -0.493 e. The lowest BCUT2D eigenvalue weighted by Gasteiger charge is -2.15. The highest BCUT2D eigenvalue weighted by Crippen LogP contribution is 2.37. The van der Waals surface area contributed by atoms with Gasteiger partial charge in [-0.15, -0.1) is 0 Å². The summed E-state index contributed by atoms with van der Waals surface area (Å²) in [7, 11) is 2.75. The lowest BCUT2D eigenvalue weighted by molar-refractivity contribution is -0.385. The van der Waals surface area contributed by atoms with Crippen molar-refractivity contribution in [1.29, 1.82) is 0 Å². The summed E-state index contributed by atoms with van der Waals surface area (Å²) in [6, 6.07) is 1.84. The van der Waals surface area contributed by atoms with Crippen LogP contribution in [0, 0.1) is 10.1 Å². The molecule has 8 nitrogen and oxygen atoms in total. The summed E-state index contributed by atoms with van der Waals surface area (Å²) in [6.45, 7) is 1.50. The Morgan fingerprint density at radius 2 is 1.89 bits per heavy atom. The molecule has 0 saturated carbocycles. The molecule has 0 fully saturated rings. The van der Waals surface area contributed by atoms with Gasteiger partial charge in [0.05, 0.1) is 36.8 Å². The van der Waals surface area contributed by atoms with E-state index in [1.165, 1.54) is 33.3 Å². The third kappa shape index (κ3) is 3.24. The molecule has 1 aromatic rings. The zero-order valence-corrected chi connectivity index (χ0v) is 10.7. The quantitative estimate of drug-likeness (QED) is 0.624. The van der Waals surface area contributed by atoms with Crippen molar-refractivity contribution in [1.82, 2.24) is 5.32 Å². The first-order valence-electron chi connectivity index (χ1n) is 5.30. The average molecular weight is 270 g/mol. The summed E-state index contributed by atoms with van der Waals surface area (Å²) in [5.41, 5.74) is -0.0380. The van der Waals surface area contributed by atoms with Gasteiger partial charge in [0.1, 0.15) is 0 Å². The van der Waals surface area contributed by atoms with Gasteiger partial charge in [-0.2, -0.15) is 0 Å². The molecule has 104 valence electrons. The number of carbonyl (C=O) groups is 1. The van der Waals surface area contributed by atoms with Crippen LogP contribution in [0.5, 0.6) is 11.5 Å². The van der Waals surface area contributed by atoms with Crippen molar-refractivity contribution >= 4 is 11.8 Å². The van der Waals surface area contributed by atoms with E-state index in [0.29, 0.717) is 5.75 Å². The van der Waals surface area contributed by atoms with Gasteiger partial charge in [0.2, 0.25) is 0 Å². The molecule has 0 aliphatic rings. The first-order valence-corrected chi connectivity index (χ1v) is 5.30. The van der Waals surface area contributed by atoms with Crippen LogP contribution in [-0.4, -0.2) is 30.3 Å². The van der Waals surface area contributed by atoms with Crippen LogP contribution >= 0.6 is 0 Å². The SMILES string of the molecule is COc1cc(C(C)NC(=O)O)c([N+](=O)[O-])cc1OC. The highest BCUT2D eigenvalue weighted by atomic mass is 16.6. The Kier molecular flexibility index (Phi) is 4.51. The van der Waals surface area contributed by atoms with E-state index < -0.39 is 17.1 Å². The maximum atomic E-state index is 11.0. The average Bonchev–Trinajstić information content (AvgIpc) is 2.35. The molecule has 0 aliphatic carbocycles. The van der Waals surface area contributed by atoms with Crippen LogP contribution in [0.3, 0.4) is 0 Å². The molecule has 19 heavy (non-hydrogen) atoms. The van der Waals surface area contributed by atoms with E-state index in [4.69, 9.17) is 14.6 Å². The molecule has 0 heterocycles. The number of methoxy groups -OCH3 is 2. The highest BCUT2D eigenvalue weighted by molar-refractivity contribution is 5.66. The van der Waals surface area contributed by atoms with E-state index in [1.807, 2.05) is 0 Å². The van der Waals surface area contributed by atoms with Crippen LogP contribution in [-0.2, 0) is 0 Å². The summed E-state index contributed by atoms with van der Waals surface area (Å²) < 4.78 is 10.0. The number of nitro benzene ring substituents is 1. The third-order valence-electron chi connectivity index (χ3n) is 2.54. The van der Waals surface area contributed by atoms with Crippen LogP contribution in [0.2, 0.25) is 0 Å². The lowest BCUT2D eigenvalue weighted by atomic mass is 10.1. The monoisotopic (exact) mass is 270 g/mol. The molecular formula is C11H14N2O6. The fourth-order valence-electron chi connectivity index (χ4n) is 1.65. The predicted octanol–water partition coefficient (Wildman–Crippen LogP) is 1.94. The normalized spacial score (nSPS) is 11.5. The molecule has 8 heteroatoms. The molecule has 1 rings (SSSR count). The number of ether oxygens (including phenoxy) is 2. The minimum absolute atomic E-state index is 0.199. The fraction of sp³-hybridized carbons (Fsp3) is 0.364. The van der Waals surface area contributed by atoms with Gasteiger partial charge in [-0.1, -0.05) is 0 Å². The predicted molar refractivity (Wildman–Crippen MR) is 65.8 cm³/mol. The van der Waals surface area contributed by atoms with Crippen molar-refractivity contribution in [2.45, 2.75) is 13.0 Å². The first kappa shape index (κ1) is 14.6. The van der Waals surface area contributed by atoms with Gasteiger partial charge in [0.25, 0.3) is 5.69 Å². The van der Waals surface area contributed by atoms with E-state index >= 15 is 0 Å².